The van der Waals surface area contributed by atoms with E-state index >= 15 is 0 Å². The molecule has 2 fully saturated rings. The molecule has 0 radical (unpaired) electrons. The van der Waals surface area contributed by atoms with Gasteiger partial charge in [-0.05, 0) is 44.2 Å². The maximum Gasteiger partial charge on any atom is 0.00353 e. The summed E-state index contributed by atoms with van der Waals surface area (Å²) in [6, 6.07) is 0. The van der Waals surface area contributed by atoms with Crippen LogP contribution in [-0.2, 0) is 0 Å². The predicted octanol–water partition coefficient (Wildman–Crippen LogP) is 3.05. The van der Waals surface area contributed by atoms with Gasteiger partial charge in [-0.3, -0.25) is 0 Å². The van der Waals surface area contributed by atoms with E-state index < -0.39 is 0 Å². The third kappa shape index (κ3) is 2.46. The van der Waals surface area contributed by atoms with E-state index in [9.17, 15) is 0 Å². The van der Waals surface area contributed by atoms with E-state index in [1.165, 1.54) is 64.6 Å². The molecule has 1 saturated carbocycles. The summed E-state index contributed by atoms with van der Waals surface area (Å²) in [5.74, 6) is 0. The van der Waals surface area contributed by atoms with Crippen molar-refractivity contribution in [3.63, 3.8) is 0 Å². The van der Waals surface area contributed by atoms with Gasteiger partial charge in [0.2, 0.25) is 0 Å². The Hall–Kier alpha value is -0.0400. The first kappa shape index (κ1) is 9.51. The summed E-state index contributed by atoms with van der Waals surface area (Å²) in [6.07, 6.45) is 10.3. The Labute approximate surface area is 82.5 Å². The van der Waals surface area contributed by atoms with Crippen LogP contribution in [0, 0.1) is 5.41 Å². The van der Waals surface area contributed by atoms with Gasteiger partial charge in [-0.15, -0.1) is 0 Å². The lowest BCUT2D eigenvalue weighted by Crippen LogP contribution is -2.35. The molecule has 2 rings (SSSR count). The lowest BCUT2D eigenvalue weighted by Gasteiger charge is -2.37. The molecule has 1 aliphatic carbocycles. The normalized spacial score (nSPS) is 29.3. The minimum absolute atomic E-state index is 0.669. The second kappa shape index (κ2) is 4.00. The Morgan fingerprint density at radius 3 is 2.15 bits per heavy atom. The molecule has 0 N–H and O–H groups in total. The van der Waals surface area contributed by atoms with Crippen molar-refractivity contribution in [1.29, 1.82) is 0 Å². The predicted molar refractivity (Wildman–Crippen MR) is 56.9 cm³/mol. The van der Waals surface area contributed by atoms with Crippen LogP contribution in [0.15, 0.2) is 0 Å². The van der Waals surface area contributed by atoms with Gasteiger partial charge < -0.3 is 4.90 Å². The van der Waals surface area contributed by atoms with Crippen molar-refractivity contribution >= 4 is 0 Å². The second-order valence-corrected chi connectivity index (χ2v) is 5.35. The fourth-order valence-corrected chi connectivity index (χ4v) is 3.04. The van der Waals surface area contributed by atoms with Crippen LogP contribution in [0.5, 0.6) is 0 Å². The largest absolute Gasteiger partial charge is 0.303 e. The Balaban J connectivity index is 1.83. The van der Waals surface area contributed by atoms with E-state index in [2.05, 4.69) is 11.8 Å². The van der Waals surface area contributed by atoms with Crippen molar-refractivity contribution in [2.24, 2.45) is 5.41 Å². The van der Waals surface area contributed by atoms with Crippen LogP contribution >= 0.6 is 0 Å². The topological polar surface area (TPSA) is 3.24 Å². The van der Waals surface area contributed by atoms with Crippen LogP contribution in [0.3, 0.4) is 0 Å². The molecular weight excluding hydrogens is 158 g/mol. The highest BCUT2D eigenvalue weighted by Crippen LogP contribution is 2.36. The highest BCUT2D eigenvalue weighted by atomic mass is 15.1. The zero-order valence-electron chi connectivity index (χ0n) is 9.02. The summed E-state index contributed by atoms with van der Waals surface area (Å²) in [4.78, 5) is 2.69. The summed E-state index contributed by atoms with van der Waals surface area (Å²) >= 11 is 0. The van der Waals surface area contributed by atoms with Crippen molar-refractivity contribution in [2.75, 3.05) is 19.6 Å². The average molecular weight is 181 g/mol. The fourth-order valence-electron chi connectivity index (χ4n) is 3.04. The first-order chi connectivity index (χ1) is 6.29. The van der Waals surface area contributed by atoms with Gasteiger partial charge in [-0.1, -0.05) is 26.2 Å². The average Bonchev–Trinajstić information content (AvgIpc) is 2.57. The summed E-state index contributed by atoms with van der Waals surface area (Å²) < 4.78 is 0. The minimum Gasteiger partial charge on any atom is -0.303 e. The van der Waals surface area contributed by atoms with E-state index in [0.717, 1.165) is 0 Å². The molecule has 0 atom stereocenters. The molecule has 0 spiro atoms. The van der Waals surface area contributed by atoms with E-state index in [1.54, 1.807) is 0 Å². The first-order valence-electron chi connectivity index (χ1n) is 6.01. The molecule has 0 aromatic rings. The molecular formula is C12H23N. The molecule has 1 heteroatoms. The van der Waals surface area contributed by atoms with Gasteiger partial charge in [0.15, 0.2) is 0 Å². The fraction of sp³-hybridized carbons (Fsp3) is 1.00. The number of likely N-dealkylation sites (tertiary alicyclic amines) is 1. The number of rotatable bonds is 2. The van der Waals surface area contributed by atoms with Crippen LogP contribution < -0.4 is 0 Å². The van der Waals surface area contributed by atoms with Gasteiger partial charge in [0.1, 0.15) is 0 Å². The Kier molecular flexibility index (Phi) is 2.92. The molecule has 0 unspecified atom stereocenters. The van der Waals surface area contributed by atoms with Gasteiger partial charge >= 0.3 is 0 Å². The van der Waals surface area contributed by atoms with Gasteiger partial charge in [0, 0.05) is 6.54 Å². The van der Waals surface area contributed by atoms with Crippen molar-refractivity contribution < 1.29 is 0 Å². The zero-order chi connectivity index (χ0) is 9.15. The third-order valence-corrected chi connectivity index (χ3v) is 3.86. The third-order valence-electron chi connectivity index (χ3n) is 3.86. The van der Waals surface area contributed by atoms with Crippen LogP contribution in [0.2, 0.25) is 0 Å². The summed E-state index contributed by atoms with van der Waals surface area (Å²) in [5.41, 5.74) is 0.669. The van der Waals surface area contributed by atoms with Crippen LogP contribution in [0.25, 0.3) is 0 Å². The Morgan fingerprint density at radius 2 is 1.54 bits per heavy atom. The summed E-state index contributed by atoms with van der Waals surface area (Å²) in [6.45, 7) is 6.63. The molecule has 1 nitrogen and oxygen atoms in total. The number of hydrogen-bond donors (Lipinski definition) is 0. The highest BCUT2D eigenvalue weighted by Gasteiger charge is 2.29. The van der Waals surface area contributed by atoms with Crippen LogP contribution in [-0.4, -0.2) is 24.5 Å². The molecule has 0 bridgehead atoms. The lowest BCUT2D eigenvalue weighted by atomic mass is 9.75. The maximum atomic E-state index is 2.69. The quantitative estimate of drug-likeness (QED) is 0.633. The molecule has 2 aliphatic rings. The molecule has 0 aromatic heterocycles. The van der Waals surface area contributed by atoms with Crippen molar-refractivity contribution in [3.05, 3.63) is 0 Å². The van der Waals surface area contributed by atoms with E-state index in [-0.39, 0.29) is 0 Å². The van der Waals surface area contributed by atoms with Crippen molar-refractivity contribution in [3.8, 4) is 0 Å². The van der Waals surface area contributed by atoms with E-state index in [0.29, 0.717) is 5.41 Å². The van der Waals surface area contributed by atoms with E-state index in [4.69, 9.17) is 0 Å². The van der Waals surface area contributed by atoms with Gasteiger partial charge in [0.25, 0.3) is 0 Å². The highest BCUT2D eigenvalue weighted by molar-refractivity contribution is 4.83. The van der Waals surface area contributed by atoms with Gasteiger partial charge in [0.05, 0.1) is 0 Å². The maximum absolute atomic E-state index is 2.69. The molecule has 0 amide bonds. The van der Waals surface area contributed by atoms with Gasteiger partial charge in [-0.2, -0.15) is 0 Å². The van der Waals surface area contributed by atoms with Crippen molar-refractivity contribution in [2.45, 2.75) is 51.9 Å². The molecule has 1 aliphatic heterocycles. The first-order valence-corrected chi connectivity index (χ1v) is 6.01. The second-order valence-electron chi connectivity index (χ2n) is 5.35. The van der Waals surface area contributed by atoms with E-state index in [1.807, 2.05) is 0 Å². The Bertz CT molecular complexity index is 153. The Morgan fingerprint density at radius 1 is 0.923 bits per heavy atom. The van der Waals surface area contributed by atoms with Crippen molar-refractivity contribution in [1.82, 2.24) is 4.90 Å². The van der Waals surface area contributed by atoms with Crippen LogP contribution in [0.4, 0.5) is 0 Å². The molecule has 76 valence electrons. The zero-order valence-corrected chi connectivity index (χ0v) is 9.02. The molecule has 1 heterocycles. The minimum atomic E-state index is 0.669. The standard InChI is InChI=1S/C12H23N/c1-12(7-3-2-4-8-12)11-13-9-5-6-10-13/h2-11H2,1H3. The molecule has 0 aromatic carbocycles. The summed E-state index contributed by atoms with van der Waals surface area (Å²) in [7, 11) is 0. The lowest BCUT2D eigenvalue weighted by molar-refractivity contribution is 0.139. The summed E-state index contributed by atoms with van der Waals surface area (Å²) in [5, 5.41) is 0. The smallest absolute Gasteiger partial charge is 0.00353 e. The van der Waals surface area contributed by atoms with Gasteiger partial charge in [-0.25, -0.2) is 0 Å². The molecule has 1 saturated heterocycles. The number of hydrogen-bond acceptors (Lipinski definition) is 1. The number of nitrogens with zero attached hydrogens (tertiary/aromatic N) is 1. The SMILES string of the molecule is CC1(CN2CCCC2)CCCCC1. The molecule has 13 heavy (non-hydrogen) atoms. The van der Waals surface area contributed by atoms with Crippen LogP contribution in [0.1, 0.15) is 51.9 Å². The monoisotopic (exact) mass is 181 g/mol.